The number of aliphatic hydroxyl groups excluding tert-OH is 1. The maximum absolute atomic E-state index is 10.4. The van der Waals surface area contributed by atoms with Crippen molar-refractivity contribution in [2.75, 3.05) is 39.3 Å². The lowest BCUT2D eigenvalue weighted by Crippen LogP contribution is -2.48. The van der Waals surface area contributed by atoms with Crippen LogP contribution in [0.2, 0.25) is 0 Å². The maximum atomic E-state index is 10.4. The summed E-state index contributed by atoms with van der Waals surface area (Å²) >= 11 is 0. The molecule has 0 aromatic heterocycles. The van der Waals surface area contributed by atoms with Gasteiger partial charge in [-0.3, -0.25) is 4.90 Å². The Balaban J connectivity index is 1.47. The second-order valence-electron chi connectivity index (χ2n) is 6.42. The summed E-state index contributed by atoms with van der Waals surface area (Å²) in [6.07, 6.45) is 2.52. The Morgan fingerprint density at radius 1 is 1.10 bits per heavy atom. The van der Waals surface area contributed by atoms with Gasteiger partial charge in [0.25, 0.3) is 0 Å². The molecule has 1 unspecified atom stereocenters. The topological polar surface area (TPSA) is 26.7 Å². The normalized spacial score (nSPS) is 22.9. The zero-order chi connectivity index (χ0) is 13.9. The van der Waals surface area contributed by atoms with Gasteiger partial charge in [0.2, 0.25) is 0 Å². The van der Waals surface area contributed by atoms with Gasteiger partial charge in [0.1, 0.15) is 0 Å². The molecule has 1 heterocycles. The molecule has 1 aromatic rings. The van der Waals surface area contributed by atoms with E-state index >= 15 is 0 Å². The van der Waals surface area contributed by atoms with E-state index in [1.165, 1.54) is 24.9 Å². The van der Waals surface area contributed by atoms with Crippen molar-refractivity contribution in [2.24, 2.45) is 5.92 Å². The average molecular weight is 274 g/mol. The van der Waals surface area contributed by atoms with E-state index in [9.17, 15) is 5.11 Å². The summed E-state index contributed by atoms with van der Waals surface area (Å²) in [4.78, 5) is 4.99. The van der Waals surface area contributed by atoms with Crippen LogP contribution in [0.25, 0.3) is 0 Å². The summed E-state index contributed by atoms with van der Waals surface area (Å²) in [6, 6.07) is 8.16. The molecule has 0 radical (unpaired) electrons. The molecular formula is C17H26N2O. The SMILES string of the molecule is Cc1ccccc1C(O)CN1CCN(CC2CC2)CC1. The lowest BCUT2D eigenvalue weighted by Gasteiger charge is -2.35. The molecule has 3 nitrogen and oxygen atoms in total. The third kappa shape index (κ3) is 3.60. The molecule has 0 amide bonds. The molecule has 3 heteroatoms. The van der Waals surface area contributed by atoms with Crippen LogP contribution in [0, 0.1) is 12.8 Å². The summed E-state index contributed by atoms with van der Waals surface area (Å²) in [5.41, 5.74) is 2.26. The molecule has 1 saturated heterocycles. The van der Waals surface area contributed by atoms with E-state index in [4.69, 9.17) is 0 Å². The van der Waals surface area contributed by atoms with E-state index in [0.29, 0.717) is 0 Å². The fourth-order valence-corrected chi connectivity index (χ4v) is 3.12. The first kappa shape index (κ1) is 14.1. The van der Waals surface area contributed by atoms with Crippen LogP contribution >= 0.6 is 0 Å². The van der Waals surface area contributed by atoms with Gasteiger partial charge in [-0.2, -0.15) is 0 Å². The first-order chi connectivity index (χ1) is 9.72. The molecule has 1 saturated carbocycles. The van der Waals surface area contributed by atoms with Crippen LogP contribution in [0.15, 0.2) is 24.3 Å². The highest BCUT2D eigenvalue weighted by Gasteiger charge is 2.27. The standard InChI is InChI=1S/C17H26N2O/c1-14-4-2-3-5-16(14)17(20)13-19-10-8-18(9-11-19)12-15-6-7-15/h2-5,15,17,20H,6-13H2,1H3. The van der Waals surface area contributed by atoms with Gasteiger partial charge in [-0.1, -0.05) is 24.3 Å². The molecule has 1 aromatic carbocycles. The van der Waals surface area contributed by atoms with Crippen LogP contribution < -0.4 is 0 Å². The number of aryl methyl sites for hydroxylation is 1. The molecule has 1 aliphatic heterocycles. The van der Waals surface area contributed by atoms with Crippen molar-refractivity contribution in [3.63, 3.8) is 0 Å². The van der Waals surface area contributed by atoms with Gasteiger partial charge in [-0.05, 0) is 36.8 Å². The maximum Gasteiger partial charge on any atom is 0.0919 e. The molecule has 3 rings (SSSR count). The highest BCUT2D eigenvalue weighted by molar-refractivity contribution is 5.27. The highest BCUT2D eigenvalue weighted by Crippen LogP contribution is 2.30. The zero-order valence-corrected chi connectivity index (χ0v) is 12.5. The van der Waals surface area contributed by atoms with E-state index in [1.54, 1.807) is 0 Å². The largest absolute Gasteiger partial charge is 0.387 e. The van der Waals surface area contributed by atoms with Gasteiger partial charge in [-0.15, -0.1) is 0 Å². The van der Waals surface area contributed by atoms with Crippen molar-refractivity contribution in [3.8, 4) is 0 Å². The second-order valence-corrected chi connectivity index (χ2v) is 6.42. The summed E-state index contributed by atoms with van der Waals surface area (Å²) in [7, 11) is 0. The summed E-state index contributed by atoms with van der Waals surface area (Å²) in [6.45, 7) is 8.65. The fraction of sp³-hybridized carbons (Fsp3) is 0.647. The first-order valence-corrected chi connectivity index (χ1v) is 7.90. The van der Waals surface area contributed by atoms with Crippen LogP contribution in [-0.2, 0) is 0 Å². The quantitative estimate of drug-likeness (QED) is 0.890. The Bertz CT molecular complexity index is 436. The summed E-state index contributed by atoms with van der Waals surface area (Å²) < 4.78 is 0. The highest BCUT2D eigenvalue weighted by atomic mass is 16.3. The van der Waals surface area contributed by atoms with E-state index in [2.05, 4.69) is 22.8 Å². The van der Waals surface area contributed by atoms with Crippen molar-refractivity contribution in [3.05, 3.63) is 35.4 Å². The average Bonchev–Trinajstić information content (AvgIpc) is 3.25. The first-order valence-electron chi connectivity index (χ1n) is 7.90. The predicted octanol–water partition coefficient (Wildman–Crippen LogP) is 2.06. The van der Waals surface area contributed by atoms with E-state index < -0.39 is 0 Å². The summed E-state index contributed by atoms with van der Waals surface area (Å²) in [5, 5.41) is 10.4. The van der Waals surface area contributed by atoms with Crippen LogP contribution in [0.5, 0.6) is 0 Å². The number of hydrogen-bond acceptors (Lipinski definition) is 3. The van der Waals surface area contributed by atoms with Crippen LogP contribution in [0.1, 0.15) is 30.1 Å². The molecule has 2 aliphatic rings. The van der Waals surface area contributed by atoms with Crippen LogP contribution in [-0.4, -0.2) is 54.2 Å². The zero-order valence-electron chi connectivity index (χ0n) is 12.5. The number of nitrogens with zero attached hydrogens (tertiary/aromatic N) is 2. The molecule has 0 bridgehead atoms. The molecule has 1 aliphatic carbocycles. The lowest BCUT2D eigenvalue weighted by atomic mass is 10.0. The third-order valence-electron chi connectivity index (χ3n) is 4.66. The third-order valence-corrected chi connectivity index (χ3v) is 4.66. The van der Waals surface area contributed by atoms with Gasteiger partial charge in [0, 0.05) is 39.3 Å². The van der Waals surface area contributed by atoms with Crippen molar-refractivity contribution in [2.45, 2.75) is 25.9 Å². The Morgan fingerprint density at radius 3 is 2.40 bits per heavy atom. The Kier molecular flexibility index (Phi) is 4.39. The van der Waals surface area contributed by atoms with E-state index in [1.807, 2.05) is 18.2 Å². The van der Waals surface area contributed by atoms with Crippen molar-refractivity contribution in [1.82, 2.24) is 9.80 Å². The number of β-amino-alcohol motifs (C(OH)–C–C–N with tert-alkyl or cyclic N) is 1. The van der Waals surface area contributed by atoms with Crippen molar-refractivity contribution >= 4 is 0 Å². The predicted molar refractivity (Wildman–Crippen MR) is 81.7 cm³/mol. The van der Waals surface area contributed by atoms with Crippen LogP contribution in [0.4, 0.5) is 0 Å². The lowest BCUT2D eigenvalue weighted by molar-refractivity contribution is 0.0708. The minimum atomic E-state index is -0.355. The minimum Gasteiger partial charge on any atom is -0.387 e. The molecular weight excluding hydrogens is 248 g/mol. The Morgan fingerprint density at radius 2 is 1.75 bits per heavy atom. The number of rotatable bonds is 5. The smallest absolute Gasteiger partial charge is 0.0919 e. The molecule has 0 spiro atoms. The Hall–Kier alpha value is -0.900. The van der Waals surface area contributed by atoms with Crippen LogP contribution in [0.3, 0.4) is 0 Å². The van der Waals surface area contributed by atoms with Gasteiger partial charge < -0.3 is 10.0 Å². The van der Waals surface area contributed by atoms with Gasteiger partial charge in [0.05, 0.1) is 6.10 Å². The molecule has 2 fully saturated rings. The van der Waals surface area contributed by atoms with Crippen molar-refractivity contribution < 1.29 is 5.11 Å². The fourth-order valence-electron chi connectivity index (χ4n) is 3.12. The second kappa shape index (κ2) is 6.25. The van der Waals surface area contributed by atoms with Gasteiger partial charge >= 0.3 is 0 Å². The monoisotopic (exact) mass is 274 g/mol. The van der Waals surface area contributed by atoms with E-state index in [0.717, 1.165) is 44.2 Å². The van der Waals surface area contributed by atoms with Crippen molar-refractivity contribution in [1.29, 1.82) is 0 Å². The number of benzene rings is 1. The van der Waals surface area contributed by atoms with Gasteiger partial charge in [-0.25, -0.2) is 0 Å². The number of piperazine rings is 1. The summed E-state index contributed by atoms with van der Waals surface area (Å²) in [5.74, 6) is 0.985. The number of aliphatic hydroxyl groups is 1. The molecule has 1 N–H and O–H groups in total. The minimum absolute atomic E-state index is 0.355. The van der Waals surface area contributed by atoms with E-state index in [-0.39, 0.29) is 6.10 Å². The van der Waals surface area contributed by atoms with Gasteiger partial charge in [0.15, 0.2) is 0 Å². The number of hydrogen-bond donors (Lipinski definition) is 1. The Labute approximate surface area is 122 Å². The molecule has 110 valence electrons. The molecule has 20 heavy (non-hydrogen) atoms. The molecule has 1 atom stereocenters.